The second-order valence-corrected chi connectivity index (χ2v) is 6.33. The van der Waals surface area contributed by atoms with Gasteiger partial charge >= 0.3 is 0 Å². The molecule has 128 valence electrons. The first kappa shape index (κ1) is 14.4. The average molecular weight is 342 g/mol. The van der Waals surface area contributed by atoms with E-state index in [0.717, 1.165) is 5.56 Å². The van der Waals surface area contributed by atoms with Crippen molar-refractivity contribution in [2.24, 2.45) is 0 Å². The van der Waals surface area contributed by atoms with Crippen molar-refractivity contribution in [2.45, 2.75) is 18.1 Å². The molecule has 0 bridgehead atoms. The van der Waals surface area contributed by atoms with E-state index in [-0.39, 0.29) is 29.6 Å². The van der Waals surface area contributed by atoms with E-state index in [2.05, 4.69) is 0 Å². The Morgan fingerprint density at radius 2 is 1.92 bits per heavy atom. The zero-order valence-electron chi connectivity index (χ0n) is 13.2. The number of methoxy groups -OCH3 is 1. The number of phenolic OH excluding ortho intramolecular Hbond substituents is 1. The van der Waals surface area contributed by atoms with Crippen molar-refractivity contribution in [3.05, 3.63) is 41.0 Å². The standard InChI is InChI=1S/C18H14O7/c1-22-9-3-11(19)15-14(4-9)25-17(21)18(16(15)20)6-8-2-12-13(5-10(8)18)24-7-23-12/h2-5,17,19,21H,6-7H2,1H3. The Kier molecular flexibility index (Phi) is 2.64. The van der Waals surface area contributed by atoms with Gasteiger partial charge in [-0.3, -0.25) is 4.79 Å². The SMILES string of the molecule is COc1cc(O)c2c(c1)OC(O)C1(Cc3cc4c(cc31)OCO4)C2=O. The van der Waals surface area contributed by atoms with E-state index in [1.807, 2.05) is 6.07 Å². The Bertz CT molecular complexity index is 936. The third kappa shape index (κ3) is 1.65. The van der Waals surface area contributed by atoms with E-state index in [1.165, 1.54) is 19.2 Å². The van der Waals surface area contributed by atoms with Gasteiger partial charge in [0.1, 0.15) is 28.2 Å². The fourth-order valence-electron chi connectivity index (χ4n) is 3.83. The molecule has 2 aromatic carbocycles. The number of hydrogen-bond acceptors (Lipinski definition) is 7. The monoisotopic (exact) mass is 342 g/mol. The van der Waals surface area contributed by atoms with Gasteiger partial charge in [0.05, 0.1) is 7.11 Å². The molecule has 7 heteroatoms. The van der Waals surface area contributed by atoms with Crippen LogP contribution in [0.3, 0.4) is 0 Å². The molecule has 3 aliphatic rings. The number of Topliss-reactive ketones (excluding diaryl/α,β-unsaturated/α-hetero) is 1. The van der Waals surface area contributed by atoms with Crippen molar-refractivity contribution in [2.75, 3.05) is 13.9 Å². The first-order valence-electron chi connectivity index (χ1n) is 7.78. The average Bonchev–Trinajstić information content (AvgIpc) is 3.02. The van der Waals surface area contributed by atoms with E-state index in [0.29, 0.717) is 29.2 Å². The minimum absolute atomic E-state index is 0.0504. The van der Waals surface area contributed by atoms with Crippen molar-refractivity contribution in [3.63, 3.8) is 0 Å². The lowest BCUT2D eigenvalue weighted by atomic mass is 9.59. The van der Waals surface area contributed by atoms with Crippen LogP contribution in [0.2, 0.25) is 0 Å². The number of rotatable bonds is 1. The molecule has 1 spiro atoms. The number of benzene rings is 2. The molecule has 2 aliphatic heterocycles. The highest BCUT2D eigenvalue weighted by Gasteiger charge is 2.60. The van der Waals surface area contributed by atoms with E-state index in [9.17, 15) is 15.0 Å². The quantitative estimate of drug-likeness (QED) is 0.811. The Labute approximate surface area is 142 Å². The van der Waals surface area contributed by atoms with Gasteiger partial charge in [0, 0.05) is 12.1 Å². The van der Waals surface area contributed by atoms with Gasteiger partial charge in [-0.2, -0.15) is 0 Å². The number of phenols is 1. The van der Waals surface area contributed by atoms with E-state index < -0.39 is 11.7 Å². The smallest absolute Gasteiger partial charge is 0.231 e. The number of aliphatic hydroxyl groups is 1. The van der Waals surface area contributed by atoms with Crippen LogP contribution in [-0.4, -0.2) is 36.2 Å². The van der Waals surface area contributed by atoms with E-state index in [1.54, 1.807) is 6.07 Å². The van der Waals surface area contributed by atoms with Crippen LogP contribution < -0.4 is 18.9 Å². The summed E-state index contributed by atoms with van der Waals surface area (Å²) < 4.78 is 21.4. The van der Waals surface area contributed by atoms with Crippen LogP contribution in [-0.2, 0) is 11.8 Å². The number of carbonyl (C=O) groups excluding carboxylic acids is 1. The van der Waals surface area contributed by atoms with Gasteiger partial charge in [-0.15, -0.1) is 0 Å². The minimum atomic E-state index is -1.37. The predicted octanol–water partition coefficient (Wildman–Crippen LogP) is 1.52. The lowest BCUT2D eigenvalue weighted by molar-refractivity contribution is -0.0818. The largest absolute Gasteiger partial charge is 0.507 e. The number of ether oxygens (including phenoxy) is 4. The summed E-state index contributed by atoms with van der Waals surface area (Å²) in [6.07, 6.45) is -1.07. The minimum Gasteiger partial charge on any atom is -0.507 e. The molecule has 0 saturated carbocycles. The number of hydrogen-bond donors (Lipinski definition) is 2. The highest BCUT2D eigenvalue weighted by Crippen LogP contribution is 2.55. The fraction of sp³-hybridized carbons (Fsp3) is 0.278. The second kappa shape index (κ2) is 4.58. The van der Waals surface area contributed by atoms with Crippen LogP contribution in [0.15, 0.2) is 24.3 Å². The number of carbonyl (C=O) groups is 1. The molecule has 7 nitrogen and oxygen atoms in total. The summed E-state index contributed by atoms with van der Waals surface area (Å²) >= 11 is 0. The summed E-state index contributed by atoms with van der Waals surface area (Å²) in [6, 6.07) is 6.34. The number of aromatic hydroxyl groups is 1. The van der Waals surface area contributed by atoms with Crippen LogP contribution in [0.1, 0.15) is 21.5 Å². The number of fused-ring (bicyclic) bond motifs is 4. The Morgan fingerprint density at radius 3 is 2.68 bits per heavy atom. The molecule has 0 saturated heterocycles. The highest BCUT2D eigenvalue weighted by atomic mass is 16.7. The fourth-order valence-corrected chi connectivity index (χ4v) is 3.83. The first-order chi connectivity index (χ1) is 12.0. The normalized spacial score (nSPS) is 25.0. The van der Waals surface area contributed by atoms with Crippen LogP contribution in [0, 0.1) is 0 Å². The van der Waals surface area contributed by atoms with E-state index >= 15 is 0 Å². The van der Waals surface area contributed by atoms with Crippen LogP contribution >= 0.6 is 0 Å². The first-order valence-corrected chi connectivity index (χ1v) is 7.78. The molecule has 2 heterocycles. The summed E-state index contributed by atoms with van der Waals surface area (Å²) in [5.41, 5.74) is 0.316. The van der Waals surface area contributed by atoms with Crippen molar-refractivity contribution in [3.8, 4) is 28.7 Å². The van der Waals surface area contributed by atoms with Gasteiger partial charge in [-0.25, -0.2) is 0 Å². The summed E-state index contributed by atoms with van der Waals surface area (Å²) in [7, 11) is 1.44. The van der Waals surface area contributed by atoms with Crippen LogP contribution in [0.25, 0.3) is 0 Å². The van der Waals surface area contributed by atoms with E-state index in [4.69, 9.17) is 18.9 Å². The summed E-state index contributed by atoms with van der Waals surface area (Å²) in [6.45, 7) is 0.127. The zero-order valence-corrected chi connectivity index (χ0v) is 13.2. The molecule has 0 fully saturated rings. The summed E-state index contributed by atoms with van der Waals surface area (Å²) in [5.74, 6) is 0.981. The van der Waals surface area contributed by atoms with Crippen molar-refractivity contribution < 1.29 is 34.0 Å². The molecule has 1 aliphatic carbocycles. The Hall–Kier alpha value is -2.93. The van der Waals surface area contributed by atoms with Gasteiger partial charge < -0.3 is 29.2 Å². The van der Waals surface area contributed by atoms with Gasteiger partial charge in [0.15, 0.2) is 17.3 Å². The third-order valence-electron chi connectivity index (χ3n) is 5.13. The van der Waals surface area contributed by atoms with Crippen molar-refractivity contribution in [1.82, 2.24) is 0 Å². The molecule has 5 rings (SSSR count). The highest BCUT2D eigenvalue weighted by molar-refractivity contribution is 6.11. The van der Waals surface area contributed by atoms with Crippen LogP contribution in [0.5, 0.6) is 28.7 Å². The zero-order chi connectivity index (χ0) is 17.3. The molecular weight excluding hydrogens is 328 g/mol. The molecule has 2 aromatic rings. The van der Waals surface area contributed by atoms with Crippen molar-refractivity contribution >= 4 is 5.78 Å². The third-order valence-corrected chi connectivity index (χ3v) is 5.13. The predicted molar refractivity (Wildman–Crippen MR) is 83.6 cm³/mol. The Balaban J connectivity index is 1.66. The summed E-state index contributed by atoms with van der Waals surface area (Å²) in [5, 5.41) is 20.9. The second-order valence-electron chi connectivity index (χ2n) is 6.33. The molecule has 2 N–H and O–H groups in total. The maximum atomic E-state index is 13.2. The van der Waals surface area contributed by atoms with Gasteiger partial charge in [-0.05, 0) is 29.7 Å². The van der Waals surface area contributed by atoms with Gasteiger partial charge in [0.2, 0.25) is 13.1 Å². The van der Waals surface area contributed by atoms with Crippen LogP contribution in [0.4, 0.5) is 0 Å². The topological polar surface area (TPSA) is 94.5 Å². The molecule has 0 aromatic heterocycles. The number of ketones is 1. The lowest BCUT2D eigenvalue weighted by Gasteiger charge is -2.47. The summed E-state index contributed by atoms with van der Waals surface area (Å²) in [4.78, 5) is 13.2. The molecule has 0 radical (unpaired) electrons. The van der Waals surface area contributed by atoms with Gasteiger partial charge in [0.25, 0.3) is 0 Å². The lowest BCUT2D eigenvalue weighted by Crippen LogP contribution is -2.59. The van der Waals surface area contributed by atoms with Gasteiger partial charge in [-0.1, -0.05) is 0 Å². The maximum Gasteiger partial charge on any atom is 0.231 e. The molecule has 2 unspecified atom stereocenters. The molecular formula is C18H14O7. The Morgan fingerprint density at radius 1 is 1.16 bits per heavy atom. The van der Waals surface area contributed by atoms with Crippen molar-refractivity contribution in [1.29, 1.82) is 0 Å². The molecule has 0 amide bonds. The molecule has 2 atom stereocenters. The maximum absolute atomic E-state index is 13.2. The molecule has 25 heavy (non-hydrogen) atoms. The number of aliphatic hydroxyl groups excluding tert-OH is 1.